The Hall–Kier alpha value is -2.14. The molecule has 2 heterocycles. The zero-order valence-electron chi connectivity index (χ0n) is 14.0. The first-order valence-corrected chi connectivity index (χ1v) is 9.14. The first-order valence-electron chi connectivity index (χ1n) is 8.26. The highest BCUT2D eigenvalue weighted by Gasteiger charge is 2.28. The number of benzene rings is 1. The summed E-state index contributed by atoms with van der Waals surface area (Å²) in [6.45, 7) is 5.34. The monoisotopic (exact) mass is 342 g/mol. The van der Waals surface area contributed by atoms with Crippen molar-refractivity contribution in [3.05, 3.63) is 51.7 Å². The summed E-state index contributed by atoms with van der Waals surface area (Å²) in [5.74, 6) is 0.114. The van der Waals surface area contributed by atoms with Crippen LogP contribution in [0.15, 0.2) is 35.7 Å². The van der Waals surface area contributed by atoms with Crippen LogP contribution in [-0.2, 0) is 4.79 Å². The predicted octanol–water partition coefficient (Wildman–Crippen LogP) is 3.86. The second-order valence-corrected chi connectivity index (χ2v) is 7.23. The number of hydrogen-bond donors (Lipinski definition) is 1. The summed E-state index contributed by atoms with van der Waals surface area (Å²) in [7, 11) is 0. The van der Waals surface area contributed by atoms with E-state index in [1.807, 2.05) is 54.5 Å². The van der Waals surface area contributed by atoms with Gasteiger partial charge in [0.15, 0.2) is 0 Å². The minimum Gasteiger partial charge on any atom is -0.338 e. The Morgan fingerprint density at radius 2 is 1.88 bits per heavy atom. The highest BCUT2D eigenvalue weighted by molar-refractivity contribution is 7.12. The van der Waals surface area contributed by atoms with Crippen LogP contribution in [0.1, 0.15) is 33.6 Å². The minimum atomic E-state index is -0.0303. The molecule has 5 heteroatoms. The topological polar surface area (TPSA) is 49.4 Å². The first kappa shape index (κ1) is 16.7. The van der Waals surface area contributed by atoms with E-state index in [0.717, 1.165) is 16.1 Å². The van der Waals surface area contributed by atoms with E-state index in [1.54, 1.807) is 0 Å². The number of thiophene rings is 1. The highest BCUT2D eigenvalue weighted by atomic mass is 32.1. The van der Waals surface area contributed by atoms with Gasteiger partial charge in [0.05, 0.1) is 4.88 Å². The largest absolute Gasteiger partial charge is 0.338 e. The van der Waals surface area contributed by atoms with Gasteiger partial charge in [0.2, 0.25) is 5.91 Å². The lowest BCUT2D eigenvalue weighted by molar-refractivity contribution is -0.121. The normalized spacial score (nSPS) is 15.3. The van der Waals surface area contributed by atoms with E-state index in [1.165, 1.54) is 16.9 Å². The summed E-state index contributed by atoms with van der Waals surface area (Å²) in [5, 5.41) is 4.97. The molecule has 2 amide bonds. The predicted molar refractivity (Wildman–Crippen MR) is 97.5 cm³/mol. The van der Waals surface area contributed by atoms with Gasteiger partial charge < -0.3 is 10.2 Å². The number of nitrogens with one attached hydrogen (secondary N) is 1. The molecule has 126 valence electrons. The maximum Gasteiger partial charge on any atom is 0.263 e. The molecule has 1 fully saturated rings. The van der Waals surface area contributed by atoms with Crippen molar-refractivity contribution >= 4 is 28.8 Å². The number of anilines is 1. The van der Waals surface area contributed by atoms with Crippen LogP contribution in [-0.4, -0.2) is 29.8 Å². The molecule has 0 aliphatic carbocycles. The standard InChI is InChI=1S/C19H22N2O2S/c1-13-5-3-6-16(14(13)2)20-18(22)15-8-10-21(11-9-15)19(23)17-7-4-12-24-17/h3-7,12,15H,8-11H2,1-2H3,(H,20,22). The van der Waals surface area contributed by atoms with E-state index in [9.17, 15) is 9.59 Å². The SMILES string of the molecule is Cc1cccc(NC(=O)C2CCN(C(=O)c3cccs3)CC2)c1C. The molecule has 0 unspecified atom stereocenters. The fourth-order valence-corrected chi connectivity index (χ4v) is 3.71. The van der Waals surface area contributed by atoms with Crippen LogP contribution in [0.3, 0.4) is 0 Å². The van der Waals surface area contributed by atoms with Gasteiger partial charge in [0.1, 0.15) is 0 Å². The maximum absolute atomic E-state index is 12.5. The summed E-state index contributed by atoms with van der Waals surface area (Å²) >= 11 is 1.47. The van der Waals surface area contributed by atoms with E-state index in [2.05, 4.69) is 5.32 Å². The van der Waals surface area contributed by atoms with Crippen molar-refractivity contribution in [1.82, 2.24) is 4.90 Å². The molecule has 0 atom stereocenters. The summed E-state index contributed by atoms with van der Waals surface area (Å²) < 4.78 is 0. The summed E-state index contributed by atoms with van der Waals surface area (Å²) in [5.41, 5.74) is 3.16. The second kappa shape index (κ2) is 7.18. The molecule has 0 bridgehead atoms. The first-order chi connectivity index (χ1) is 11.6. The zero-order chi connectivity index (χ0) is 17.1. The fraction of sp³-hybridized carbons (Fsp3) is 0.368. The van der Waals surface area contributed by atoms with Gasteiger partial charge in [-0.2, -0.15) is 0 Å². The fourth-order valence-electron chi connectivity index (χ4n) is 3.02. The molecule has 1 N–H and O–H groups in total. The Kier molecular flexibility index (Phi) is 5.00. The van der Waals surface area contributed by atoms with Gasteiger partial charge in [0, 0.05) is 24.7 Å². The average Bonchev–Trinajstić information content (AvgIpc) is 3.13. The molecule has 2 aromatic rings. The number of nitrogens with zero attached hydrogens (tertiary/aromatic N) is 1. The Bertz CT molecular complexity index is 732. The van der Waals surface area contributed by atoms with Crippen LogP contribution in [0.2, 0.25) is 0 Å². The number of hydrogen-bond acceptors (Lipinski definition) is 3. The molecule has 1 aliphatic rings. The zero-order valence-corrected chi connectivity index (χ0v) is 14.9. The molecule has 1 saturated heterocycles. The van der Waals surface area contributed by atoms with Crippen LogP contribution in [0, 0.1) is 19.8 Å². The van der Waals surface area contributed by atoms with Gasteiger partial charge in [-0.3, -0.25) is 9.59 Å². The molecule has 0 spiro atoms. The van der Waals surface area contributed by atoms with E-state index >= 15 is 0 Å². The van der Waals surface area contributed by atoms with E-state index in [0.29, 0.717) is 25.9 Å². The lowest BCUT2D eigenvalue weighted by Gasteiger charge is -2.31. The molecule has 3 rings (SSSR count). The van der Waals surface area contributed by atoms with Crippen LogP contribution in [0.25, 0.3) is 0 Å². The van der Waals surface area contributed by atoms with Gasteiger partial charge in [0.25, 0.3) is 5.91 Å². The molecular weight excluding hydrogens is 320 g/mol. The molecule has 0 saturated carbocycles. The van der Waals surface area contributed by atoms with Crippen molar-refractivity contribution in [1.29, 1.82) is 0 Å². The number of piperidine rings is 1. The number of carbonyl (C=O) groups is 2. The number of carbonyl (C=O) groups excluding carboxylic acids is 2. The Labute approximate surface area is 146 Å². The van der Waals surface area contributed by atoms with Crippen molar-refractivity contribution in [2.75, 3.05) is 18.4 Å². The van der Waals surface area contributed by atoms with E-state index in [-0.39, 0.29) is 17.7 Å². The van der Waals surface area contributed by atoms with Crippen LogP contribution >= 0.6 is 11.3 Å². The van der Waals surface area contributed by atoms with E-state index in [4.69, 9.17) is 0 Å². The lowest BCUT2D eigenvalue weighted by atomic mass is 9.95. The lowest BCUT2D eigenvalue weighted by Crippen LogP contribution is -2.41. The van der Waals surface area contributed by atoms with Gasteiger partial charge in [-0.05, 0) is 55.3 Å². The van der Waals surface area contributed by atoms with E-state index < -0.39 is 0 Å². The van der Waals surface area contributed by atoms with Crippen molar-refractivity contribution in [2.45, 2.75) is 26.7 Å². The van der Waals surface area contributed by atoms with Crippen LogP contribution < -0.4 is 5.32 Å². The van der Waals surface area contributed by atoms with Crippen molar-refractivity contribution in [2.24, 2.45) is 5.92 Å². The van der Waals surface area contributed by atoms with Gasteiger partial charge in [-0.1, -0.05) is 18.2 Å². The number of amides is 2. The molecule has 1 aliphatic heterocycles. The smallest absolute Gasteiger partial charge is 0.263 e. The highest BCUT2D eigenvalue weighted by Crippen LogP contribution is 2.24. The van der Waals surface area contributed by atoms with Crippen molar-refractivity contribution in [3.63, 3.8) is 0 Å². The van der Waals surface area contributed by atoms with Gasteiger partial charge in [-0.15, -0.1) is 11.3 Å². The minimum absolute atomic E-state index is 0.0303. The average molecular weight is 342 g/mol. The quantitative estimate of drug-likeness (QED) is 0.921. The van der Waals surface area contributed by atoms with Crippen LogP contribution in [0.4, 0.5) is 5.69 Å². The van der Waals surface area contributed by atoms with Gasteiger partial charge in [-0.25, -0.2) is 0 Å². The molecule has 24 heavy (non-hydrogen) atoms. The molecule has 1 aromatic carbocycles. The number of likely N-dealkylation sites (tertiary alicyclic amines) is 1. The Balaban J connectivity index is 1.57. The Morgan fingerprint density at radius 1 is 1.12 bits per heavy atom. The number of rotatable bonds is 3. The third-order valence-electron chi connectivity index (χ3n) is 4.75. The number of aryl methyl sites for hydroxylation is 1. The molecule has 0 radical (unpaired) electrons. The third-order valence-corrected chi connectivity index (χ3v) is 5.61. The molecular formula is C19H22N2O2S. The second-order valence-electron chi connectivity index (χ2n) is 6.28. The van der Waals surface area contributed by atoms with Crippen molar-refractivity contribution < 1.29 is 9.59 Å². The van der Waals surface area contributed by atoms with Crippen molar-refractivity contribution in [3.8, 4) is 0 Å². The molecule has 4 nitrogen and oxygen atoms in total. The molecule has 1 aromatic heterocycles. The summed E-state index contributed by atoms with van der Waals surface area (Å²) in [6.07, 6.45) is 1.43. The maximum atomic E-state index is 12.5. The van der Waals surface area contributed by atoms with Gasteiger partial charge >= 0.3 is 0 Å². The summed E-state index contributed by atoms with van der Waals surface area (Å²) in [6, 6.07) is 9.68. The summed E-state index contributed by atoms with van der Waals surface area (Å²) in [4.78, 5) is 27.5. The third kappa shape index (κ3) is 3.51. The Morgan fingerprint density at radius 3 is 2.54 bits per heavy atom. The van der Waals surface area contributed by atoms with Crippen LogP contribution in [0.5, 0.6) is 0 Å².